The molecule has 2 aromatic rings. The molecule has 0 N–H and O–H groups in total. The zero-order valence-electron chi connectivity index (χ0n) is 13.9. The van der Waals surface area contributed by atoms with Gasteiger partial charge in [0.1, 0.15) is 28.8 Å². The molecule has 1 aliphatic rings. The number of benzene rings is 2. The molecule has 2 nitrogen and oxygen atoms in total. The van der Waals surface area contributed by atoms with E-state index >= 15 is 0 Å². The highest BCUT2D eigenvalue weighted by atomic mass is 19.1. The maximum Gasteiger partial charge on any atom is 0.349 e. The van der Waals surface area contributed by atoms with Crippen molar-refractivity contribution >= 4 is 5.97 Å². The van der Waals surface area contributed by atoms with E-state index in [0.717, 1.165) is 37.8 Å². The summed E-state index contributed by atoms with van der Waals surface area (Å²) in [5.41, 5.74) is -0.141. The first-order valence-corrected chi connectivity index (χ1v) is 8.40. The highest BCUT2D eigenvalue weighted by Crippen LogP contribution is 2.36. The molecule has 0 aromatic heterocycles. The maximum absolute atomic E-state index is 14.4. The summed E-state index contributed by atoms with van der Waals surface area (Å²) in [7, 11) is 0. The van der Waals surface area contributed by atoms with Crippen LogP contribution in [0.4, 0.5) is 13.2 Å². The Morgan fingerprint density at radius 3 is 2.08 bits per heavy atom. The van der Waals surface area contributed by atoms with Gasteiger partial charge in [0, 0.05) is 0 Å². The van der Waals surface area contributed by atoms with Gasteiger partial charge in [-0.05, 0) is 66.6 Å². The molecule has 1 aliphatic carbocycles. The second kappa shape index (κ2) is 7.30. The first kappa shape index (κ1) is 17.5. The van der Waals surface area contributed by atoms with Gasteiger partial charge in [0.15, 0.2) is 0 Å². The zero-order valence-corrected chi connectivity index (χ0v) is 13.9. The summed E-state index contributed by atoms with van der Waals surface area (Å²) >= 11 is 0. The molecule has 0 unspecified atom stereocenters. The Bertz CT molecular complexity index is 740. The van der Waals surface area contributed by atoms with E-state index in [4.69, 9.17) is 4.74 Å². The summed E-state index contributed by atoms with van der Waals surface area (Å²) in [5, 5.41) is 0. The third kappa shape index (κ3) is 4.03. The molecule has 0 heterocycles. The number of rotatable bonds is 3. The Morgan fingerprint density at radius 1 is 0.960 bits per heavy atom. The van der Waals surface area contributed by atoms with Crippen LogP contribution < -0.4 is 4.74 Å². The number of carbonyl (C=O) groups excluding carboxylic acids is 1. The van der Waals surface area contributed by atoms with Crippen LogP contribution in [0.15, 0.2) is 36.4 Å². The summed E-state index contributed by atoms with van der Waals surface area (Å²) < 4.78 is 46.5. The Morgan fingerprint density at radius 2 is 1.52 bits per heavy atom. The van der Waals surface area contributed by atoms with Gasteiger partial charge in [-0.2, -0.15) is 0 Å². The number of carbonyl (C=O) groups is 1. The Kier molecular flexibility index (Phi) is 5.11. The lowest BCUT2D eigenvalue weighted by atomic mass is 9.79. The fourth-order valence-electron chi connectivity index (χ4n) is 3.28. The van der Waals surface area contributed by atoms with E-state index in [1.165, 1.54) is 24.3 Å². The maximum atomic E-state index is 14.4. The molecule has 5 heteroatoms. The molecule has 0 saturated heterocycles. The topological polar surface area (TPSA) is 26.3 Å². The molecule has 0 radical (unpaired) electrons. The molecule has 3 rings (SSSR count). The fraction of sp³-hybridized carbons (Fsp3) is 0.350. The van der Waals surface area contributed by atoms with Crippen LogP contribution >= 0.6 is 0 Å². The lowest BCUT2D eigenvalue weighted by Gasteiger charge is -2.26. The van der Waals surface area contributed by atoms with Gasteiger partial charge in [-0.15, -0.1) is 0 Å². The predicted octanol–water partition coefficient (Wildman–Crippen LogP) is 5.62. The largest absolute Gasteiger partial charge is 0.423 e. The predicted molar refractivity (Wildman–Crippen MR) is 88.1 cm³/mol. The molecule has 1 fully saturated rings. The van der Waals surface area contributed by atoms with Gasteiger partial charge in [-0.25, -0.2) is 18.0 Å². The second-order valence-corrected chi connectivity index (χ2v) is 6.66. The van der Waals surface area contributed by atoms with Crippen LogP contribution in [0.3, 0.4) is 0 Å². The normalized spacial score (nSPS) is 20.3. The average molecular weight is 348 g/mol. The van der Waals surface area contributed by atoms with Crippen molar-refractivity contribution in [1.29, 1.82) is 0 Å². The van der Waals surface area contributed by atoms with Gasteiger partial charge in [0.25, 0.3) is 0 Å². The number of esters is 1. The standard InChI is InChI=1S/C20H19F3O2/c1-12-2-4-13(5-3-12)14-10-17(22)19(18(23)11-14)20(24)25-16-8-6-15(21)7-9-16/h6-13H,2-5H2,1H3. The van der Waals surface area contributed by atoms with Gasteiger partial charge in [0.2, 0.25) is 0 Å². The molecule has 0 aliphatic heterocycles. The van der Waals surface area contributed by atoms with Crippen molar-refractivity contribution in [3.05, 3.63) is 65.0 Å². The van der Waals surface area contributed by atoms with Crippen molar-refractivity contribution in [1.82, 2.24) is 0 Å². The molecule has 132 valence electrons. The van der Waals surface area contributed by atoms with Crippen molar-refractivity contribution in [2.45, 2.75) is 38.5 Å². The first-order valence-electron chi connectivity index (χ1n) is 8.40. The fourth-order valence-corrected chi connectivity index (χ4v) is 3.28. The summed E-state index contributed by atoms with van der Waals surface area (Å²) in [6.45, 7) is 2.17. The third-order valence-corrected chi connectivity index (χ3v) is 4.78. The molecule has 0 bridgehead atoms. The van der Waals surface area contributed by atoms with Crippen LogP contribution in [-0.4, -0.2) is 5.97 Å². The van der Waals surface area contributed by atoms with Crippen LogP contribution in [0.2, 0.25) is 0 Å². The summed E-state index contributed by atoms with van der Waals surface area (Å²) in [5.74, 6) is -2.72. The van der Waals surface area contributed by atoms with E-state index in [1.54, 1.807) is 0 Å². The van der Waals surface area contributed by atoms with E-state index in [1.807, 2.05) is 0 Å². The minimum Gasteiger partial charge on any atom is -0.423 e. The molecule has 2 aromatic carbocycles. The van der Waals surface area contributed by atoms with Crippen LogP contribution in [-0.2, 0) is 0 Å². The Labute approximate surface area is 144 Å². The summed E-state index contributed by atoms with van der Waals surface area (Å²) in [6.07, 6.45) is 3.84. The number of halogens is 3. The van der Waals surface area contributed by atoms with Crippen molar-refractivity contribution < 1.29 is 22.7 Å². The van der Waals surface area contributed by atoms with Crippen LogP contribution in [0.25, 0.3) is 0 Å². The van der Waals surface area contributed by atoms with Gasteiger partial charge in [-0.3, -0.25) is 0 Å². The molecule has 25 heavy (non-hydrogen) atoms. The van der Waals surface area contributed by atoms with E-state index in [9.17, 15) is 18.0 Å². The zero-order chi connectivity index (χ0) is 18.0. The highest BCUT2D eigenvalue weighted by molar-refractivity contribution is 5.91. The van der Waals surface area contributed by atoms with E-state index in [0.29, 0.717) is 11.5 Å². The molecule has 0 spiro atoms. The lowest BCUT2D eigenvalue weighted by Crippen LogP contribution is -2.16. The number of ether oxygens (including phenoxy) is 1. The van der Waals surface area contributed by atoms with Crippen LogP contribution in [0.5, 0.6) is 5.75 Å². The van der Waals surface area contributed by atoms with E-state index in [2.05, 4.69) is 6.92 Å². The minimum absolute atomic E-state index is 0.0237. The second-order valence-electron chi connectivity index (χ2n) is 6.66. The summed E-state index contributed by atoms with van der Waals surface area (Å²) in [6, 6.07) is 7.10. The van der Waals surface area contributed by atoms with E-state index in [-0.39, 0.29) is 11.7 Å². The number of hydrogen-bond donors (Lipinski definition) is 0. The molecule has 0 amide bonds. The average Bonchev–Trinajstić information content (AvgIpc) is 2.57. The Hall–Kier alpha value is -2.30. The SMILES string of the molecule is CC1CCC(c2cc(F)c(C(=O)Oc3ccc(F)cc3)c(F)c2)CC1. The highest BCUT2D eigenvalue weighted by Gasteiger charge is 2.25. The minimum atomic E-state index is -1.13. The third-order valence-electron chi connectivity index (χ3n) is 4.78. The Balaban J connectivity index is 1.80. The molecular formula is C20H19F3O2. The van der Waals surface area contributed by atoms with Gasteiger partial charge in [0.05, 0.1) is 0 Å². The van der Waals surface area contributed by atoms with Crippen molar-refractivity contribution in [2.24, 2.45) is 5.92 Å². The first-order chi connectivity index (χ1) is 11.9. The quantitative estimate of drug-likeness (QED) is 0.532. The molecule has 0 atom stereocenters. The van der Waals surface area contributed by atoms with Crippen molar-refractivity contribution in [3.8, 4) is 5.75 Å². The van der Waals surface area contributed by atoms with E-state index < -0.39 is 29.0 Å². The van der Waals surface area contributed by atoms with Crippen LogP contribution in [0.1, 0.15) is 54.4 Å². The van der Waals surface area contributed by atoms with Gasteiger partial charge in [-0.1, -0.05) is 19.8 Å². The van der Waals surface area contributed by atoms with Crippen LogP contribution in [0, 0.1) is 23.4 Å². The molecular weight excluding hydrogens is 329 g/mol. The van der Waals surface area contributed by atoms with Crippen molar-refractivity contribution in [3.63, 3.8) is 0 Å². The van der Waals surface area contributed by atoms with Gasteiger partial charge >= 0.3 is 5.97 Å². The number of hydrogen-bond acceptors (Lipinski definition) is 2. The molecule has 1 saturated carbocycles. The summed E-state index contributed by atoms with van der Waals surface area (Å²) in [4.78, 5) is 12.1. The smallest absolute Gasteiger partial charge is 0.349 e. The monoisotopic (exact) mass is 348 g/mol. The van der Waals surface area contributed by atoms with Gasteiger partial charge < -0.3 is 4.74 Å². The van der Waals surface area contributed by atoms with Crippen molar-refractivity contribution in [2.75, 3.05) is 0 Å². The lowest BCUT2D eigenvalue weighted by molar-refractivity contribution is 0.0724.